The second-order valence-electron chi connectivity index (χ2n) is 4.59. The topological polar surface area (TPSA) is 70.0 Å². The number of carbonyl (C=O) groups is 1. The van der Waals surface area contributed by atoms with Crippen molar-refractivity contribution < 1.29 is 19.7 Å². The average Bonchev–Trinajstić information content (AvgIpc) is 2.37. The van der Waals surface area contributed by atoms with Crippen LogP contribution in [-0.2, 0) is 11.3 Å². The van der Waals surface area contributed by atoms with E-state index in [-0.39, 0.29) is 12.2 Å². The molecule has 0 unspecified atom stereocenters. The summed E-state index contributed by atoms with van der Waals surface area (Å²) >= 11 is 0. The van der Waals surface area contributed by atoms with Gasteiger partial charge in [0.05, 0.1) is 7.11 Å². The SMILES string of the molecule is COc1cc(CN(C)CCCCC(=O)O)ccc1O. The Morgan fingerprint density at radius 2 is 2.11 bits per heavy atom. The van der Waals surface area contributed by atoms with Crippen molar-refractivity contribution in [2.75, 3.05) is 20.7 Å². The fraction of sp³-hybridized carbons (Fsp3) is 0.500. The molecule has 5 heteroatoms. The highest BCUT2D eigenvalue weighted by Gasteiger charge is 2.05. The van der Waals surface area contributed by atoms with Crippen molar-refractivity contribution in [1.82, 2.24) is 4.90 Å². The molecular formula is C14H21NO4. The number of unbranched alkanes of at least 4 members (excludes halogenated alkanes) is 1. The lowest BCUT2D eigenvalue weighted by Gasteiger charge is -2.17. The largest absolute Gasteiger partial charge is 0.504 e. The van der Waals surface area contributed by atoms with Crippen LogP contribution in [0.5, 0.6) is 11.5 Å². The number of nitrogens with zero attached hydrogens (tertiary/aromatic N) is 1. The maximum Gasteiger partial charge on any atom is 0.303 e. The number of phenols is 1. The molecule has 0 heterocycles. The highest BCUT2D eigenvalue weighted by Crippen LogP contribution is 2.26. The monoisotopic (exact) mass is 267 g/mol. The van der Waals surface area contributed by atoms with E-state index < -0.39 is 5.97 Å². The summed E-state index contributed by atoms with van der Waals surface area (Å²) in [6.07, 6.45) is 1.78. The van der Waals surface area contributed by atoms with Crippen molar-refractivity contribution in [3.8, 4) is 11.5 Å². The molecule has 0 amide bonds. The first-order valence-corrected chi connectivity index (χ1v) is 6.29. The quantitative estimate of drug-likeness (QED) is 0.706. The Balaban J connectivity index is 2.39. The Bertz CT molecular complexity index is 420. The zero-order valence-electron chi connectivity index (χ0n) is 11.4. The van der Waals surface area contributed by atoms with E-state index in [4.69, 9.17) is 9.84 Å². The van der Waals surface area contributed by atoms with Crippen molar-refractivity contribution in [1.29, 1.82) is 0 Å². The molecule has 0 aliphatic heterocycles. The summed E-state index contributed by atoms with van der Waals surface area (Å²) in [6, 6.07) is 5.28. The number of benzene rings is 1. The van der Waals surface area contributed by atoms with Gasteiger partial charge in [0.25, 0.3) is 0 Å². The maximum atomic E-state index is 10.4. The highest BCUT2D eigenvalue weighted by atomic mass is 16.5. The van der Waals surface area contributed by atoms with Gasteiger partial charge in [0.2, 0.25) is 0 Å². The summed E-state index contributed by atoms with van der Waals surface area (Å²) in [6.45, 7) is 1.58. The van der Waals surface area contributed by atoms with Crippen LogP contribution in [0, 0.1) is 0 Å². The van der Waals surface area contributed by atoms with E-state index in [0.29, 0.717) is 12.2 Å². The summed E-state index contributed by atoms with van der Waals surface area (Å²) in [5, 5.41) is 18.0. The molecule has 1 aromatic rings. The molecular weight excluding hydrogens is 246 g/mol. The first kappa shape index (κ1) is 15.3. The standard InChI is InChI=1S/C14H21NO4/c1-15(8-4-3-5-14(17)18)10-11-6-7-12(16)13(9-11)19-2/h6-7,9,16H,3-5,8,10H2,1-2H3,(H,17,18). The Kier molecular flexibility index (Phi) is 6.15. The summed E-state index contributed by atoms with van der Waals surface area (Å²) in [4.78, 5) is 12.5. The van der Waals surface area contributed by atoms with Gasteiger partial charge in [-0.05, 0) is 44.1 Å². The molecule has 19 heavy (non-hydrogen) atoms. The molecule has 0 saturated heterocycles. The van der Waals surface area contributed by atoms with E-state index in [2.05, 4.69) is 4.90 Å². The molecule has 0 aliphatic rings. The molecule has 0 atom stereocenters. The van der Waals surface area contributed by atoms with Crippen molar-refractivity contribution in [2.45, 2.75) is 25.8 Å². The van der Waals surface area contributed by atoms with Gasteiger partial charge in [0, 0.05) is 13.0 Å². The van der Waals surface area contributed by atoms with Gasteiger partial charge in [-0.2, -0.15) is 0 Å². The predicted octanol–water partition coefficient (Wildman–Crippen LogP) is 2.09. The van der Waals surface area contributed by atoms with Crippen LogP contribution < -0.4 is 4.74 Å². The molecule has 0 fully saturated rings. The molecule has 0 bridgehead atoms. The van der Waals surface area contributed by atoms with Gasteiger partial charge in [0.15, 0.2) is 11.5 Å². The van der Waals surface area contributed by atoms with Crippen molar-refractivity contribution in [3.63, 3.8) is 0 Å². The Labute approximate surface area is 113 Å². The number of ether oxygens (including phenoxy) is 1. The zero-order chi connectivity index (χ0) is 14.3. The summed E-state index contributed by atoms with van der Waals surface area (Å²) in [7, 11) is 3.51. The summed E-state index contributed by atoms with van der Waals surface area (Å²) in [5.74, 6) is -0.141. The zero-order valence-corrected chi connectivity index (χ0v) is 11.4. The van der Waals surface area contributed by atoms with Crippen LogP contribution in [0.15, 0.2) is 18.2 Å². The normalized spacial score (nSPS) is 10.7. The third-order valence-corrected chi connectivity index (χ3v) is 2.88. The first-order valence-electron chi connectivity index (χ1n) is 6.29. The Hall–Kier alpha value is -1.75. The molecule has 106 valence electrons. The summed E-state index contributed by atoms with van der Waals surface area (Å²) < 4.78 is 5.06. The number of aliphatic carboxylic acids is 1. The lowest BCUT2D eigenvalue weighted by Crippen LogP contribution is -2.19. The minimum atomic E-state index is -0.745. The fourth-order valence-electron chi connectivity index (χ4n) is 1.87. The summed E-state index contributed by atoms with van der Waals surface area (Å²) in [5.41, 5.74) is 1.05. The van der Waals surface area contributed by atoms with Gasteiger partial charge in [0.1, 0.15) is 0 Å². The van der Waals surface area contributed by atoms with Gasteiger partial charge in [-0.1, -0.05) is 6.07 Å². The highest BCUT2D eigenvalue weighted by molar-refractivity contribution is 5.66. The fourth-order valence-corrected chi connectivity index (χ4v) is 1.87. The van der Waals surface area contributed by atoms with E-state index in [1.165, 1.54) is 7.11 Å². The van der Waals surface area contributed by atoms with Crippen LogP contribution in [0.2, 0.25) is 0 Å². The Morgan fingerprint density at radius 3 is 2.74 bits per heavy atom. The second kappa shape index (κ2) is 7.63. The van der Waals surface area contributed by atoms with E-state index >= 15 is 0 Å². The molecule has 0 aliphatic carbocycles. The van der Waals surface area contributed by atoms with Crippen LogP contribution in [-0.4, -0.2) is 41.8 Å². The van der Waals surface area contributed by atoms with Gasteiger partial charge >= 0.3 is 5.97 Å². The van der Waals surface area contributed by atoms with E-state index in [1.54, 1.807) is 6.07 Å². The lowest BCUT2D eigenvalue weighted by molar-refractivity contribution is -0.137. The van der Waals surface area contributed by atoms with Crippen molar-refractivity contribution >= 4 is 5.97 Å². The number of rotatable bonds is 8. The molecule has 5 nitrogen and oxygen atoms in total. The van der Waals surface area contributed by atoms with Crippen LogP contribution in [0.4, 0.5) is 0 Å². The van der Waals surface area contributed by atoms with Crippen LogP contribution in [0.25, 0.3) is 0 Å². The molecule has 2 N–H and O–H groups in total. The molecule has 0 radical (unpaired) electrons. The molecule has 1 aromatic carbocycles. The van der Waals surface area contributed by atoms with Crippen LogP contribution in [0.3, 0.4) is 0 Å². The van der Waals surface area contributed by atoms with Crippen molar-refractivity contribution in [3.05, 3.63) is 23.8 Å². The predicted molar refractivity (Wildman–Crippen MR) is 72.5 cm³/mol. The lowest BCUT2D eigenvalue weighted by atomic mass is 10.1. The third kappa shape index (κ3) is 5.61. The van der Waals surface area contributed by atoms with E-state index in [9.17, 15) is 9.90 Å². The number of methoxy groups -OCH3 is 1. The minimum Gasteiger partial charge on any atom is -0.504 e. The van der Waals surface area contributed by atoms with Gasteiger partial charge in [-0.3, -0.25) is 4.79 Å². The van der Waals surface area contributed by atoms with Crippen LogP contribution >= 0.6 is 0 Å². The molecule has 0 aromatic heterocycles. The maximum absolute atomic E-state index is 10.4. The van der Waals surface area contributed by atoms with Crippen molar-refractivity contribution in [2.24, 2.45) is 0 Å². The number of carboxylic acid groups (broad SMARTS) is 1. The average molecular weight is 267 g/mol. The van der Waals surface area contributed by atoms with Gasteiger partial charge < -0.3 is 19.8 Å². The number of aromatic hydroxyl groups is 1. The number of hydrogen-bond donors (Lipinski definition) is 2. The van der Waals surface area contributed by atoms with E-state index in [0.717, 1.165) is 25.1 Å². The minimum absolute atomic E-state index is 0.135. The number of carboxylic acids is 1. The van der Waals surface area contributed by atoms with Crippen LogP contribution in [0.1, 0.15) is 24.8 Å². The smallest absolute Gasteiger partial charge is 0.303 e. The number of phenolic OH excluding ortho intramolecular Hbond substituents is 1. The molecule has 0 spiro atoms. The third-order valence-electron chi connectivity index (χ3n) is 2.88. The molecule has 0 saturated carbocycles. The number of hydrogen-bond acceptors (Lipinski definition) is 4. The first-order chi connectivity index (χ1) is 9.02. The molecule has 1 rings (SSSR count). The van der Waals surface area contributed by atoms with Gasteiger partial charge in [-0.15, -0.1) is 0 Å². The Morgan fingerprint density at radius 1 is 1.37 bits per heavy atom. The van der Waals surface area contributed by atoms with Gasteiger partial charge in [-0.25, -0.2) is 0 Å². The van der Waals surface area contributed by atoms with E-state index in [1.807, 2.05) is 19.2 Å². The second-order valence-corrected chi connectivity index (χ2v) is 4.59.